The Morgan fingerprint density at radius 3 is 1.61 bits per heavy atom. The Balaban J connectivity index is 0. The van der Waals surface area contributed by atoms with Crippen LogP contribution >= 0.6 is 11.9 Å². The predicted octanol–water partition coefficient (Wildman–Crippen LogP) is 5.38. The fourth-order valence-electron chi connectivity index (χ4n) is 1.97. The molecule has 0 radical (unpaired) electrons. The summed E-state index contributed by atoms with van der Waals surface area (Å²) >= 11 is 4.94. The summed E-state index contributed by atoms with van der Waals surface area (Å²) in [6, 6.07) is 0. The molecule has 0 fully saturated rings. The normalized spacial score (nSPS) is 9.89. The van der Waals surface area contributed by atoms with Gasteiger partial charge in [-0.15, -0.1) is 0 Å². The summed E-state index contributed by atoms with van der Waals surface area (Å²) in [6.07, 6.45) is 14.6. The molecule has 0 aromatic rings. The molecule has 0 bridgehead atoms. The summed E-state index contributed by atoms with van der Waals surface area (Å²) in [6.45, 7) is 2.25. The van der Waals surface area contributed by atoms with E-state index in [0.717, 1.165) is 12.8 Å². The Hall–Kier alpha value is 1.11. The van der Waals surface area contributed by atoms with Crippen molar-refractivity contribution in [2.45, 2.75) is 84.0 Å². The third-order valence-electron chi connectivity index (χ3n) is 3.07. The molecule has 0 aliphatic carbocycles. The average molecular weight is 407 g/mol. The van der Waals surface area contributed by atoms with E-state index in [1.54, 1.807) is 0 Å². The molecular weight excluding hydrogens is 380 g/mol. The average Bonchev–Trinajstić information content (AvgIpc) is 2.35. The van der Waals surface area contributed by atoms with Crippen molar-refractivity contribution in [3.8, 4) is 0 Å². The molecule has 2 nitrogen and oxygen atoms in total. The van der Waals surface area contributed by atoms with E-state index in [1.807, 2.05) is 0 Å². The molecule has 18 heavy (non-hydrogen) atoms. The molecule has 0 amide bonds. The quantitative estimate of drug-likeness (QED) is 0.406. The van der Waals surface area contributed by atoms with Crippen molar-refractivity contribution in [1.29, 1.82) is 0 Å². The minimum atomic E-state index is -0.303. The molecule has 0 rings (SSSR count). The van der Waals surface area contributed by atoms with E-state index in [1.165, 1.54) is 57.8 Å². The molecule has 0 saturated carbocycles. The van der Waals surface area contributed by atoms with Gasteiger partial charge in [-0.25, -0.2) is 0 Å². The fraction of sp³-hybridized carbons (Fsp3) is 0.929. The van der Waals surface area contributed by atoms with Crippen molar-refractivity contribution in [3.63, 3.8) is 0 Å². The third kappa shape index (κ3) is 17.1. The molecule has 0 aliphatic rings. The molecule has 4 heteroatoms. The van der Waals surface area contributed by atoms with Crippen LogP contribution in [0.2, 0.25) is 0 Å². The summed E-state index contributed by atoms with van der Waals surface area (Å²) in [4.78, 5) is 10.7. The first kappa shape index (κ1) is 21.4. The molecule has 0 N–H and O–H groups in total. The van der Waals surface area contributed by atoms with Gasteiger partial charge in [0, 0.05) is 47.3 Å². The topological polar surface area (TPSA) is 26.3 Å². The molecular formula is C14H27ClNdO2. The van der Waals surface area contributed by atoms with Crippen molar-refractivity contribution >= 4 is 17.8 Å². The second kappa shape index (κ2) is 18.1. The molecule has 0 unspecified atom stereocenters. The van der Waals surface area contributed by atoms with E-state index < -0.39 is 0 Å². The zero-order valence-corrected chi connectivity index (χ0v) is 15.6. The molecule has 0 heterocycles. The van der Waals surface area contributed by atoms with Crippen LogP contribution in [0.25, 0.3) is 0 Å². The van der Waals surface area contributed by atoms with Crippen LogP contribution < -0.4 is 0 Å². The van der Waals surface area contributed by atoms with Gasteiger partial charge in [0.25, 0.3) is 0 Å². The maximum atomic E-state index is 10.7. The summed E-state index contributed by atoms with van der Waals surface area (Å²) in [5.74, 6) is -0.303. The van der Waals surface area contributed by atoms with Gasteiger partial charge in [-0.1, -0.05) is 71.1 Å². The van der Waals surface area contributed by atoms with Gasteiger partial charge in [0.15, 0.2) is 0 Å². The van der Waals surface area contributed by atoms with Crippen LogP contribution in [0, 0.1) is 40.8 Å². The van der Waals surface area contributed by atoms with Crippen molar-refractivity contribution in [3.05, 3.63) is 0 Å². The first-order valence-corrected chi connectivity index (χ1v) is 7.43. The number of carbonyl (C=O) groups excluding carboxylic acids is 1. The SMILES string of the molecule is CCCCCCCCCCCCCC(=O)OCl.[Nd]. The van der Waals surface area contributed by atoms with Gasteiger partial charge in [-0.05, 0) is 6.42 Å². The van der Waals surface area contributed by atoms with E-state index in [2.05, 4.69) is 11.2 Å². The predicted molar refractivity (Wildman–Crippen MR) is 73.0 cm³/mol. The molecule has 0 atom stereocenters. The van der Waals surface area contributed by atoms with Crippen molar-refractivity contribution in [2.75, 3.05) is 0 Å². The Labute approximate surface area is 150 Å². The number of carbonyl (C=O) groups is 1. The minimum absolute atomic E-state index is 0. The van der Waals surface area contributed by atoms with Gasteiger partial charge in [-0.3, -0.25) is 4.79 Å². The molecule has 0 aromatic heterocycles. The van der Waals surface area contributed by atoms with Crippen LogP contribution in [0.3, 0.4) is 0 Å². The third-order valence-corrected chi connectivity index (χ3v) is 3.24. The summed E-state index contributed by atoms with van der Waals surface area (Å²) < 4.78 is 4.08. The second-order valence-corrected chi connectivity index (χ2v) is 4.89. The van der Waals surface area contributed by atoms with Crippen LogP contribution in [-0.2, 0) is 9.08 Å². The minimum Gasteiger partial charge on any atom is -0.348 e. The molecule has 0 saturated heterocycles. The summed E-state index contributed by atoms with van der Waals surface area (Å²) in [5, 5.41) is 0. The first-order chi connectivity index (χ1) is 8.31. The summed E-state index contributed by atoms with van der Waals surface area (Å²) in [7, 11) is 0. The monoisotopic (exact) mass is 404 g/mol. The zero-order valence-electron chi connectivity index (χ0n) is 11.7. The van der Waals surface area contributed by atoms with Crippen LogP contribution in [0.4, 0.5) is 0 Å². The van der Waals surface area contributed by atoms with Gasteiger partial charge in [0.1, 0.15) is 11.9 Å². The number of hydrogen-bond acceptors (Lipinski definition) is 2. The van der Waals surface area contributed by atoms with Gasteiger partial charge in [-0.2, -0.15) is 0 Å². The molecule has 0 aliphatic heterocycles. The van der Waals surface area contributed by atoms with Crippen LogP contribution in [0.1, 0.15) is 84.0 Å². The number of hydrogen-bond donors (Lipinski definition) is 0. The Morgan fingerprint density at radius 1 is 0.833 bits per heavy atom. The second-order valence-electron chi connectivity index (χ2n) is 4.73. The van der Waals surface area contributed by atoms with Gasteiger partial charge < -0.3 is 4.29 Å². The van der Waals surface area contributed by atoms with Crippen molar-refractivity contribution in [2.24, 2.45) is 0 Å². The standard InChI is InChI=1S/C14H27ClO2.Nd/c1-2-3-4-5-6-7-8-9-10-11-12-13-14(16)17-15;/h2-13H2,1H3;. The largest absolute Gasteiger partial charge is 0.348 e. The smallest absolute Gasteiger partial charge is 0.324 e. The molecule has 106 valence electrons. The van der Waals surface area contributed by atoms with Crippen molar-refractivity contribution in [1.82, 2.24) is 0 Å². The fourth-order valence-corrected chi connectivity index (χ4v) is 2.05. The van der Waals surface area contributed by atoms with E-state index in [-0.39, 0.29) is 46.8 Å². The molecule has 0 aromatic carbocycles. The maximum Gasteiger partial charge on any atom is 0.324 e. The Bertz CT molecular complexity index is 177. The van der Waals surface area contributed by atoms with Gasteiger partial charge in [0.05, 0.1) is 0 Å². The van der Waals surface area contributed by atoms with Gasteiger partial charge in [0.2, 0.25) is 0 Å². The van der Waals surface area contributed by atoms with Crippen molar-refractivity contribution < 1.29 is 49.9 Å². The first-order valence-electron chi connectivity index (χ1n) is 7.12. The van der Waals surface area contributed by atoms with E-state index in [4.69, 9.17) is 11.9 Å². The van der Waals surface area contributed by atoms with Crippen LogP contribution in [-0.4, -0.2) is 5.97 Å². The molecule has 0 spiro atoms. The maximum absolute atomic E-state index is 10.7. The van der Waals surface area contributed by atoms with Gasteiger partial charge >= 0.3 is 5.97 Å². The zero-order chi connectivity index (χ0) is 12.8. The summed E-state index contributed by atoms with van der Waals surface area (Å²) in [5.41, 5.74) is 0. The van der Waals surface area contributed by atoms with Crippen LogP contribution in [0.15, 0.2) is 0 Å². The van der Waals surface area contributed by atoms with Crippen LogP contribution in [0.5, 0.6) is 0 Å². The van der Waals surface area contributed by atoms with E-state index >= 15 is 0 Å². The Kier molecular flexibility index (Phi) is 21.5. The number of unbranched alkanes of at least 4 members (excludes halogenated alkanes) is 10. The number of rotatable bonds is 12. The Morgan fingerprint density at radius 2 is 1.22 bits per heavy atom. The van der Waals surface area contributed by atoms with E-state index in [9.17, 15) is 4.79 Å². The number of halogens is 1. The van der Waals surface area contributed by atoms with E-state index in [0.29, 0.717) is 6.42 Å².